The summed E-state index contributed by atoms with van der Waals surface area (Å²) in [7, 11) is 0. The van der Waals surface area contributed by atoms with Crippen molar-refractivity contribution in [1.82, 2.24) is 4.90 Å². The monoisotopic (exact) mass is 446 g/mol. The molecule has 0 unspecified atom stereocenters. The molecule has 0 spiro atoms. The van der Waals surface area contributed by atoms with Gasteiger partial charge in [-0.15, -0.1) is 11.3 Å². The second-order valence-electron chi connectivity index (χ2n) is 8.10. The fourth-order valence-electron chi connectivity index (χ4n) is 3.82. The van der Waals surface area contributed by atoms with Gasteiger partial charge in [-0.25, -0.2) is 0 Å². The molecular formula is C26H26N2O3S. The van der Waals surface area contributed by atoms with Gasteiger partial charge in [0, 0.05) is 10.6 Å². The summed E-state index contributed by atoms with van der Waals surface area (Å²) >= 11 is 1.44. The number of hydrogen-bond donors (Lipinski definition) is 1. The Bertz CT molecular complexity index is 1190. The van der Waals surface area contributed by atoms with Crippen LogP contribution < -0.4 is 10.1 Å². The van der Waals surface area contributed by atoms with E-state index in [1.165, 1.54) is 16.2 Å². The molecule has 0 radical (unpaired) electrons. The van der Waals surface area contributed by atoms with Gasteiger partial charge in [-0.2, -0.15) is 0 Å². The normalized spacial score (nSPS) is 13.8. The minimum atomic E-state index is -0.330. The molecule has 164 valence electrons. The third kappa shape index (κ3) is 4.46. The van der Waals surface area contributed by atoms with Crippen molar-refractivity contribution in [2.75, 3.05) is 18.5 Å². The van der Waals surface area contributed by atoms with Crippen LogP contribution >= 0.6 is 11.3 Å². The van der Waals surface area contributed by atoms with E-state index >= 15 is 0 Å². The number of ether oxygens (including phenoxy) is 1. The smallest absolute Gasteiger partial charge is 0.278 e. The van der Waals surface area contributed by atoms with E-state index in [2.05, 4.69) is 11.4 Å². The highest BCUT2D eigenvalue weighted by atomic mass is 32.1. The predicted octanol–water partition coefficient (Wildman–Crippen LogP) is 5.25. The van der Waals surface area contributed by atoms with Crippen LogP contribution in [-0.2, 0) is 9.59 Å². The summed E-state index contributed by atoms with van der Waals surface area (Å²) in [6.07, 6.45) is 0. The first kappa shape index (κ1) is 21.8. The molecule has 1 aliphatic heterocycles. The number of hydrogen-bond acceptors (Lipinski definition) is 5. The molecule has 1 N–H and O–H groups in total. The molecule has 2 amide bonds. The summed E-state index contributed by atoms with van der Waals surface area (Å²) in [5, 5.41) is 5.16. The molecular weight excluding hydrogens is 420 g/mol. The molecule has 32 heavy (non-hydrogen) atoms. The lowest BCUT2D eigenvalue weighted by Crippen LogP contribution is -2.36. The molecule has 1 aromatic heterocycles. The molecule has 6 heteroatoms. The highest BCUT2D eigenvalue weighted by Crippen LogP contribution is 2.33. The summed E-state index contributed by atoms with van der Waals surface area (Å²) in [5.41, 5.74) is 5.85. The third-order valence-corrected chi connectivity index (χ3v) is 6.25. The molecule has 0 bridgehead atoms. The molecule has 1 aliphatic rings. The Hall–Kier alpha value is -3.38. The van der Waals surface area contributed by atoms with Crippen LogP contribution in [0.25, 0.3) is 5.57 Å². The average molecular weight is 447 g/mol. The molecule has 0 aliphatic carbocycles. The van der Waals surface area contributed by atoms with Crippen molar-refractivity contribution in [2.24, 2.45) is 0 Å². The molecule has 0 atom stereocenters. The summed E-state index contributed by atoms with van der Waals surface area (Å²) in [6, 6.07) is 15.7. The zero-order chi connectivity index (χ0) is 22.8. The van der Waals surface area contributed by atoms with Crippen molar-refractivity contribution in [3.05, 3.63) is 86.7 Å². The Balaban J connectivity index is 1.57. The maximum atomic E-state index is 13.3. The summed E-state index contributed by atoms with van der Waals surface area (Å²) in [4.78, 5) is 28.6. The summed E-state index contributed by atoms with van der Waals surface area (Å²) in [5.74, 6) is 0.111. The van der Waals surface area contributed by atoms with Crippen molar-refractivity contribution >= 4 is 34.4 Å². The molecule has 0 saturated heterocycles. The van der Waals surface area contributed by atoms with E-state index in [-0.39, 0.29) is 25.0 Å². The zero-order valence-corrected chi connectivity index (χ0v) is 19.5. The van der Waals surface area contributed by atoms with Gasteiger partial charge in [0.15, 0.2) is 0 Å². The Morgan fingerprint density at radius 2 is 1.66 bits per heavy atom. The van der Waals surface area contributed by atoms with Crippen LogP contribution in [0.15, 0.2) is 59.6 Å². The van der Waals surface area contributed by atoms with Crippen molar-refractivity contribution < 1.29 is 14.3 Å². The second-order valence-corrected chi connectivity index (χ2v) is 9.05. The summed E-state index contributed by atoms with van der Waals surface area (Å²) in [6.45, 7) is 8.40. The lowest BCUT2D eigenvalue weighted by Gasteiger charge is -2.16. The Kier molecular flexibility index (Phi) is 6.15. The number of anilines is 1. The standard InChI is InChI=1S/C26H26N2O3S/c1-16-7-8-19(4)21(15-16)27-24-23(22-6-5-11-32-22)25(29)28(26(24)30)9-10-31-20-13-17(2)12-18(3)14-20/h5-8,11-15,27H,9-10H2,1-4H3. The van der Waals surface area contributed by atoms with Crippen molar-refractivity contribution in [1.29, 1.82) is 0 Å². The van der Waals surface area contributed by atoms with Crippen LogP contribution in [0.5, 0.6) is 5.75 Å². The van der Waals surface area contributed by atoms with E-state index in [4.69, 9.17) is 4.74 Å². The number of nitrogens with zero attached hydrogens (tertiary/aromatic N) is 1. The van der Waals surface area contributed by atoms with E-state index < -0.39 is 0 Å². The first-order valence-electron chi connectivity index (χ1n) is 10.5. The van der Waals surface area contributed by atoms with Gasteiger partial charge < -0.3 is 10.1 Å². The highest BCUT2D eigenvalue weighted by molar-refractivity contribution is 7.11. The van der Waals surface area contributed by atoms with Crippen LogP contribution in [0.2, 0.25) is 0 Å². The lowest BCUT2D eigenvalue weighted by atomic mass is 10.1. The van der Waals surface area contributed by atoms with Crippen molar-refractivity contribution in [2.45, 2.75) is 27.7 Å². The number of carbonyl (C=O) groups is 2. The molecule has 3 aromatic rings. The van der Waals surface area contributed by atoms with E-state index in [9.17, 15) is 9.59 Å². The number of aryl methyl sites for hydroxylation is 4. The van der Waals surface area contributed by atoms with E-state index in [1.54, 1.807) is 0 Å². The molecule has 4 rings (SSSR count). The molecule has 0 fully saturated rings. The van der Waals surface area contributed by atoms with Crippen LogP contribution in [-0.4, -0.2) is 29.9 Å². The largest absolute Gasteiger partial charge is 0.492 e. The van der Waals surface area contributed by atoms with Crippen molar-refractivity contribution in [3.63, 3.8) is 0 Å². The maximum Gasteiger partial charge on any atom is 0.278 e. The SMILES string of the molecule is Cc1cc(C)cc(OCCN2C(=O)C(Nc3cc(C)ccc3C)=C(c3cccs3)C2=O)c1. The Morgan fingerprint density at radius 1 is 0.906 bits per heavy atom. The number of amides is 2. The van der Waals surface area contributed by atoms with Crippen LogP contribution in [0.4, 0.5) is 5.69 Å². The fraction of sp³-hybridized carbons (Fsp3) is 0.231. The number of rotatable bonds is 7. The number of nitrogens with one attached hydrogen (secondary N) is 1. The first-order valence-corrected chi connectivity index (χ1v) is 11.4. The van der Waals surface area contributed by atoms with Gasteiger partial charge in [0.1, 0.15) is 18.1 Å². The van der Waals surface area contributed by atoms with Gasteiger partial charge >= 0.3 is 0 Å². The Labute approximate surface area is 192 Å². The average Bonchev–Trinajstić information content (AvgIpc) is 3.33. The van der Waals surface area contributed by atoms with E-state index in [0.717, 1.165) is 38.6 Å². The van der Waals surface area contributed by atoms with E-state index in [0.29, 0.717) is 11.3 Å². The van der Waals surface area contributed by atoms with Gasteiger partial charge in [0.2, 0.25) is 0 Å². The first-order chi connectivity index (χ1) is 15.3. The van der Waals surface area contributed by atoms with Crippen LogP contribution in [0.3, 0.4) is 0 Å². The molecule has 0 saturated carbocycles. The maximum absolute atomic E-state index is 13.3. The predicted molar refractivity (Wildman–Crippen MR) is 129 cm³/mol. The number of carbonyl (C=O) groups excluding carboxylic acids is 2. The molecule has 2 aromatic carbocycles. The van der Waals surface area contributed by atoms with Gasteiger partial charge in [0.05, 0.1) is 12.1 Å². The quantitative estimate of drug-likeness (QED) is 0.504. The minimum Gasteiger partial charge on any atom is -0.492 e. The van der Waals surface area contributed by atoms with Gasteiger partial charge in [-0.1, -0.05) is 24.3 Å². The van der Waals surface area contributed by atoms with Crippen LogP contribution in [0.1, 0.15) is 27.1 Å². The fourth-order valence-corrected chi connectivity index (χ4v) is 4.59. The van der Waals surface area contributed by atoms with E-state index in [1.807, 2.05) is 75.5 Å². The molecule has 5 nitrogen and oxygen atoms in total. The summed E-state index contributed by atoms with van der Waals surface area (Å²) < 4.78 is 5.86. The number of benzene rings is 2. The minimum absolute atomic E-state index is 0.178. The third-order valence-electron chi connectivity index (χ3n) is 5.37. The topological polar surface area (TPSA) is 58.6 Å². The molecule has 2 heterocycles. The zero-order valence-electron chi connectivity index (χ0n) is 18.7. The van der Waals surface area contributed by atoms with Gasteiger partial charge in [-0.05, 0) is 79.6 Å². The van der Waals surface area contributed by atoms with Crippen molar-refractivity contribution in [3.8, 4) is 5.75 Å². The second kappa shape index (κ2) is 9.01. The number of imide groups is 1. The Morgan fingerprint density at radius 3 is 2.34 bits per heavy atom. The van der Waals surface area contributed by atoms with Gasteiger partial charge in [0.25, 0.3) is 11.8 Å². The highest BCUT2D eigenvalue weighted by Gasteiger charge is 2.39. The lowest BCUT2D eigenvalue weighted by molar-refractivity contribution is -0.137. The van der Waals surface area contributed by atoms with Gasteiger partial charge in [-0.3, -0.25) is 14.5 Å². The van der Waals surface area contributed by atoms with Crippen LogP contribution in [0, 0.1) is 27.7 Å². The number of thiophene rings is 1.